The van der Waals surface area contributed by atoms with Crippen molar-refractivity contribution in [3.8, 4) is 0 Å². The van der Waals surface area contributed by atoms with Gasteiger partial charge in [-0.1, -0.05) is 0 Å². The van der Waals surface area contributed by atoms with Crippen LogP contribution in [-0.4, -0.2) is 39.4 Å². The lowest BCUT2D eigenvalue weighted by Gasteiger charge is -2.17. The molecule has 1 fully saturated rings. The summed E-state index contributed by atoms with van der Waals surface area (Å²) in [5.74, 6) is 0.934. The SMILES string of the molecule is CN1CCCC1c1nnc2ccc(C=O)cn12. The van der Waals surface area contributed by atoms with Gasteiger partial charge in [0.1, 0.15) is 0 Å². The molecule has 1 atom stereocenters. The Morgan fingerprint density at radius 3 is 3.00 bits per heavy atom. The average molecular weight is 230 g/mol. The highest BCUT2D eigenvalue weighted by Gasteiger charge is 2.26. The molecule has 1 aliphatic heterocycles. The van der Waals surface area contributed by atoms with Gasteiger partial charge < -0.3 is 0 Å². The minimum absolute atomic E-state index is 0.312. The Morgan fingerprint density at radius 1 is 1.41 bits per heavy atom. The third-order valence-corrected chi connectivity index (χ3v) is 3.41. The average Bonchev–Trinajstić information content (AvgIpc) is 2.94. The monoisotopic (exact) mass is 230 g/mol. The predicted molar refractivity (Wildman–Crippen MR) is 63.0 cm³/mol. The molecular weight excluding hydrogens is 216 g/mol. The van der Waals surface area contributed by atoms with Crippen molar-refractivity contribution in [2.75, 3.05) is 13.6 Å². The van der Waals surface area contributed by atoms with E-state index in [0.29, 0.717) is 11.6 Å². The first-order valence-electron chi connectivity index (χ1n) is 5.79. The van der Waals surface area contributed by atoms with Gasteiger partial charge in [-0.3, -0.25) is 14.1 Å². The van der Waals surface area contributed by atoms with E-state index in [4.69, 9.17) is 0 Å². The maximum absolute atomic E-state index is 10.8. The number of carbonyl (C=O) groups excluding carboxylic acids is 1. The molecule has 2 aromatic rings. The zero-order chi connectivity index (χ0) is 11.8. The molecule has 17 heavy (non-hydrogen) atoms. The van der Waals surface area contributed by atoms with Crippen LogP contribution < -0.4 is 0 Å². The topological polar surface area (TPSA) is 50.5 Å². The van der Waals surface area contributed by atoms with E-state index in [1.165, 1.54) is 6.42 Å². The van der Waals surface area contributed by atoms with E-state index in [0.717, 1.165) is 30.7 Å². The molecule has 2 aromatic heterocycles. The Labute approximate surface area is 99.1 Å². The van der Waals surface area contributed by atoms with Gasteiger partial charge in [-0.15, -0.1) is 10.2 Å². The normalized spacial score (nSPS) is 21.1. The van der Waals surface area contributed by atoms with Crippen LogP contribution in [0.3, 0.4) is 0 Å². The third-order valence-electron chi connectivity index (χ3n) is 3.41. The van der Waals surface area contributed by atoms with Gasteiger partial charge in [0, 0.05) is 11.8 Å². The summed E-state index contributed by atoms with van der Waals surface area (Å²) in [5.41, 5.74) is 1.45. The minimum atomic E-state index is 0.312. The van der Waals surface area contributed by atoms with Crippen LogP contribution in [0.4, 0.5) is 0 Å². The summed E-state index contributed by atoms with van der Waals surface area (Å²) < 4.78 is 1.93. The highest BCUT2D eigenvalue weighted by Crippen LogP contribution is 2.29. The van der Waals surface area contributed by atoms with Crippen molar-refractivity contribution in [3.05, 3.63) is 29.7 Å². The molecule has 0 bridgehead atoms. The molecule has 1 unspecified atom stereocenters. The van der Waals surface area contributed by atoms with Crippen molar-refractivity contribution in [3.63, 3.8) is 0 Å². The standard InChI is InChI=1S/C12H14N4O/c1-15-6-2-3-10(15)12-14-13-11-5-4-9(8-17)7-16(11)12/h4-5,7-8,10H,2-3,6H2,1H3. The second-order valence-electron chi connectivity index (χ2n) is 4.51. The number of fused-ring (bicyclic) bond motifs is 1. The molecule has 5 nitrogen and oxygen atoms in total. The van der Waals surface area contributed by atoms with Crippen molar-refractivity contribution in [1.82, 2.24) is 19.5 Å². The number of aromatic nitrogens is 3. The highest BCUT2D eigenvalue weighted by atomic mass is 16.1. The highest BCUT2D eigenvalue weighted by molar-refractivity contribution is 5.74. The molecule has 0 spiro atoms. The zero-order valence-corrected chi connectivity index (χ0v) is 9.71. The van der Waals surface area contributed by atoms with Crippen molar-refractivity contribution >= 4 is 11.9 Å². The van der Waals surface area contributed by atoms with Crippen LogP contribution >= 0.6 is 0 Å². The molecular formula is C12H14N4O. The van der Waals surface area contributed by atoms with Crippen molar-refractivity contribution < 1.29 is 4.79 Å². The van der Waals surface area contributed by atoms with E-state index in [1.54, 1.807) is 6.07 Å². The van der Waals surface area contributed by atoms with Crippen molar-refractivity contribution in [1.29, 1.82) is 0 Å². The van der Waals surface area contributed by atoms with Gasteiger partial charge in [-0.2, -0.15) is 0 Å². The van der Waals surface area contributed by atoms with E-state index in [9.17, 15) is 4.79 Å². The molecule has 88 valence electrons. The molecule has 5 heteroatoms. The summed E-state index contributed by atoms with van der Waals surface area (Å²) in [5, 5.41) is 8.40. The number of nitrogens with zero attached hydrogens (tertiary/aromatic N) is 4. The van der Waals surface area contributed by atoms with E-state index in [1.807, 2.05) is 16.7 Å². The summed E-state index contributed by atoms with van der Waals surface area (Å²) in [6.07, 6.45) is 4.94. The molecule has 0 aliphatic carbocycles. The van der Waals surface area contributed by atoms with E-state index in [-0.39, 0.29) is 0 Å². The van der Waals surface area contributed by atoms with Crippen LogP contribution in [-0.2, 0) is 0 Å². The Bertz CT molecular complexity index is 563. The number of rotatable bonds is 2. The van der Waals surface area contributed by atoms with Gasteiger partial charge in [0.2, 0.25) is 0 Å². The fraction of sp³-hybridized carbons (Fsp3) is 0.417. The summed E-state index contributed by atoms with van der Waals surface area (Å²) in [4.78, 5) is 13.1. The van der Waals surface area contributed by atoms with Gasteiger partial charge >= 0.3 is 0 Å². The predicted octanol–water partition coefficient (Wildman–Crippen LogP) is 1.31. The van der Waals surface area contributed by atoms with Crippen LogP contribution in [0.5, 0.6) is 0 Å². The van der Waals surface area contributed by atoms with Crippen molar-refractivity contribution in [2.45, 2.75) is 18.9 Å². The number of carbonyl (C=O) groups is 1. The quantitative estimate of drug-likeness (QED) is 0.730. The van der Waals surface area contributed by atoms with Crippen LogP contribution in [0.1, 0.15) is 35.1 Å². The van der Waals surface area contributed by atoms with Gasteiger partial charge in [0.25, 0.3) is 0 Å². The third kappa shape index (κ3) is 1.63. The second-order valence-corrected chi connectivity index (χ2v) is 4.51. The fourth-order valence-electron chi connectivity index (χ4n) is 2.46. The minimum Gasteiger partial charge on any atom is -0.298 e. The molecule has 1 saturated heterocycles. The smallest absolute Gasteiger partial charge is 0.160 e. The van der Waals surface area contributed by atoms with Gasteiger partial charge in [-0.25, -0.2) is 0 Å². The largest absolute Gasteiger partial charge is 0.298 e. The first kappa shape index (κ1) is 10.4. The lowest BCUT2D eigenvalue weighted by molar-refractivity contribution is 0.112. The Morgan fingerprint density at radius 2 is 2.29 bits per heavy atom. The van der Waals surface area contributed by atoms with Gasteiger partial charge in [0.05, 0.1) is 6.04 Å². The Balaban J connectivity index is 2.12. The van der Waals surface area contributed by atoms with Gasteiger partial charge in [-0.05, 0) is 38.6 Å². The molecule has 0 radical (unpaired) electrons. The molecule has 3 heterocycles. The molecule has 0 saturated carbocycles. The maximum Gasteiger partial charge on any atom is 0.160 e. The van der Waals surface area contributed by atoms with Crippen molar-refractivity contribution in [2.24, 2.45) is 0 Å². The van der Waals surface area contributed by atoms with E-state index < -0.39 is 0 Å². The molecule has 1 aliphatic rings. The summed E-state index contributed by atoms with van der Waals surface area (Å²) in [6.45, 7) is 1.09. The summed E-state index contributed by atoms with van der Waals surface area (Å²) >= 11 is 0. The lowest BCUT2D eigenvalue weighted by Crippen LogP contribution is -2.19. The fourth-order valence-corrected chi connectivity index (χ4v) is 2.46. The van der Waals surface area contributed by atoms with Gasteiger partial charge in [0.15, 0.2) is 17.8 Å². The lowest BCUT2D eigenvalue weighted by atomic mass is 10.2. The number of aldehydes is 1. The van der Waals surface area contributed by atoms with E-state index in [2.05, 4.69) is 22.1 Å². The second kappa shape index (κ2) is 3.92. The first-order chi connectivity index (χ1) is 8.29. The van der Waals surface area contributed by atoms with Crippen LogP contribution in [0.2, 0.25) is 0 Å². The molecule has 0 amide bonds. The molecule has 3 rings (SSSR count). The number of hydrogen-bond acceptors (Lipinski definition) is 4. The zero-order valence-electron chi connectivity index (χ0n) is 9.71. The van der Waals surface area contributed by atoms with Crippen LogP contribution in [0, 0.1) is 0 Å². The van der Waals surface area contributed by atoms with Crippen LogP contribution in [0.25, 0.3) is 5.65 Å². The Hall–Kier alpha value is -1.75. The number of pyridine rings is 1. The van der Waals surface area contributed by atoms with E-state index >= 15 is 0 Å². The number of likely N-dealkylation sites (tertiary alicyclic amines) is 1. The first-order valence-corrected chi connectivity index (χ1v) is 5.79. The summed E-state index contributed by atoms with van der Waals surface area (Å²) in [7, 11) is 2.10. The van der Waals surface area contributed by atoms with Crippen LogP contribution in [0.15, 0.2) is 18.3 Å². The number of hydrogen-bond donors (Lipinski definition) is 0. The molecule has 0 N–H and O–H groups in total. The Kier molecular flexibility index (Phi) is 2.40. The molecule has 0 aromatic carbocycles. The summed E-state index contributed by atoms with van der Waals surface area (Å²) in [6, 6.07) is 3.90. The maximum atomic E-state index is 10.8.